The lowest BCUT2D eigenvalue weighted by molar-refractivity contribution is -0.136. The van der Waals surface area contributed by atoms with Gasteiger partial charge in [-0.05, 0) is 17.2 Å². The first kappa shape index (κ1) is 15.1. The first-order valence-corrected chi connectivity index (χ1v) is 6.89. The lowest BCUT2D eigenvalue weighted by Crippen LogP contribution is -2.13. The Morgan fingerprint density at radius 2 is 1.71 bits per heavy atom. The maximum atomic E-state index is 11.4. The van der Waals surface area contributed by atoms with Crippen molar-refractivity contribution in [1.82, 2.24) is 0 Å². The molecule has 1 amide bonds. The van der Waals surface area contributed by atoms with Crippen molar-refractivity contribution < 1.29 is 14.7 Å². The van der Waals surface area contributed by atoms with Crippen molar-refractivity contribution in [1.29, 1.82) is 0 Å². The summed E-state index contributed by atoms with van der Waals surface area (Å²) in [5.74, 6) is -1.24. The summed E-state index contributed by atoms with van der Waals surface area (Å²) in [5.41, 5.74) is 3.16. The van der Waals surface area contributed by atoms with E-state index >= 15 is 0 Å². The molecule has 0 aromatic heterocycles. The maximum Gasteiger partial charge on any atom is 0.307 e. The highest BCUT2D eigenvalue weighted by molar-refractivity contribution is 6.29. The number of nitrogens with one attached hydrogen (secondary N) is 1. The summed E-state index contributed by atoms with van der Waals surface area (Å²) in [6.07, 6.45) is -0.00902. The molecular formula is C16H14ClNO3. The van der Waals surface area contributed by atoms with Gasteiger partial charge in [0, 0.05) is 11.3 Å². The second-order valence-corrected chi connectivity index (χ2v) is 4.76. The number of amides is 1. The summed E-state index contributed by atoms with van der Waals surface area (Å²) in [6, 6.07) is 14.6. The fourth-order valence-corrected chi connectivity index (χ4v) is 2.07. The topological polar surface area (TPSA) is 66.4 Å². The van der Waals surface area contributed by atoms with Crippen LogP contribution in [0.5, 0.6) is 0 Å². The van der Waals surface area contributed by atoms with E-state index in [1.807, 2.05) is 30.3 Å². The number of halogens is 1. The normalized spacial score (nSPS) is 10.1. The van der Waals surface area contributed by atoms with E-state index in [9.17, 15) is 9.59 Å². The van der Waals surface area contributed by atoms with Crippen LogP contribution in [0.1, 0.15) is 5.56 Å². The van der Waals surface area contributed by atoms with Crippen molar-refractivity contribution in [2.75, 3.05) is 11.2 Å². The molecule has 0 saturated heterocycles. The van der Waals surface area contributed by atoms with E-state index in [4.69, 9.17) is 16.7 Å². The molecule has 0 atom stereocenters. The number of benzene rings is 2. The fourth-order valence-electron chi connectivity index (χ4n) is 2.00. The quantitative estimate of drug-likeness (QED) is 0.834. The van der Waals surface area contributed by atoms with Gasteiger partial charge in [-0.3, -0.25) is 9.59 Å². The van der Waals surface area contributed by atoms with Crippen LogP contribution in [0.4, 0.5) is 5.69 Å². The number of anilines is 1. The van der Waals surface area contributed by atoms with Crippen molar-refractivity contribution in [2.45, 2.75) is 6.42 Å². The minimum Gasteiger partial charge on any atom is -0.481 e. The lowest BCUT2D eigenvalue weighted by atomic mass is 10.0. The molecular weight excluding hydrogens is 290 g/mol. The lowest BCUT2D eigenvalue weighted by Gasteiger charge is -2.11. The highest BCUT2D eigenvalue weighted by atomic mass is 35.5. The molecule has 0 bridgehead atoms. The van der Waals surface area contributed by atoms with Crippen molar-refractivity contribution in [3.8, 4) is 11.1 Å². The van der Waals surface area contributed by atoms with E-state index in [0.29, 0.717) is 5.69 Å². The predicted octanol–water partition coefficient (Wildman–Crippen LogP) is 3.16. The number of hydrogen-bond donors (Lipinski definition) is 2. The molecule has 108 valence electrons. The molecule has 5 heteroatoms. The van der Waals surface area contributed by atoms with Crippen LogP contribution in [0.15, 0.2) is 48.5 Å². The monoisotopic (exact) mass is 303 g/mol. The first-order chi connectivity index (χ1) is 10.1. The molecule has 4 nitrogen and oxygen atoms in total. The molecule has 0 aliphatic rings. The molecule has 2 N–H and O–H groups in total. The van der Waals surface area contributed by atoms with Crippen molar-refractivity contribution in [3.05, 3.63) is 54.1 Å². The Morgan fingerprint density at radius 1 is 1.05 bits per heavy atom. The third-order valence-corrected chi connectivity index (χ3v) is 3.19. The van der Waals surface area contributed by atoms with Gasteiger partial charge in [-0.1, -0.05) is 42.5 Å². The molecule has 0 fully saturated rings. The number of para-hydroxylation sites is 1. The van der Waals surface area contributed by atoms with Gasteiger partial charge in [0.05, 0.1) is 6.42 Å². The Labute approximate surface area is 127 Å². The standard InChI is InChI=1S/C16H14ClNO3/c17-10-15(19)18-14-4-2-1-3-13(14)12-7-5-11(6-8-12)9-16(20)21/h1-8H,9-10H2,(H,18,19)(H,20,21). The van der Waals surface area contributed by atoms with Gasteiger partial charge >= 0.3 is 5.97 Å². The zero-order chi connectivity index (χ0) is 15.2. The van der Waals surface area contributed by atoms with Gasteiger partial charge in [0.2, 0.25) is 5.91 Å². The van der Waals surface area contributed by atoms with E-state index in [1.165, 1.54) is 0 Å². The second-order valence-electron chi connectivity index (χ2n) is 4.49. The van der Waals surface area contributed by atoms with Crippen LogP contribution in [0.3, 0.4) is 0 Å². The molecule has 0 aliphatic carbocycles. The van der Waals surface area contributed by atoms with Gasteiger partial charge in [0.15, 0.2) is 0 Å². The van der Waals surface area contributed by atoms with Crippen LogP contribution >= 0.6 is 11.6 Å². The maximum absolute atomic E-state index is 11.4. The van der Waals surface area contributed by atoms with Gasteiger partial charge in [-0.25, -0.2) is 0 Å². The van der Waals surface area contributed by atoms with Gasteiger partial charge in [-0.15, -0.1) is 11.6 Å². The van der Waals surface area contributed by atoms with Crippen LogP contribution in [0, 0.1) is 0 Å². The number of carboxylic acid groups (broad SMARTS) is 1. The number of carboxylic acids is 1. The highest BCUT2D eigenvalue weighted by Crippen LogP contribution is 2.28. The zero-order valence-electron chi connectivity index (χ0n) is 11.2. The van der Waals surface area contributed by atoms with Crippen molar-refractivity contribution >= 4 is 29.2 Å². The zero-order valence-corrected chi connectivity index (χ0v) is 11.9. The number of hydrogen-bond acceptors (Lipinski definition) is 2. The summed E-state index contributed by atoms with van der Waals surface area (Å²) in [5, 5.41) is 11.5. The van der Waals surface area contributed by atoms with Crippen molar-refractivity contribution in [2.24, 2.45) is 0 Å². The smallest absolute Gasteiger partial charge is 0.307 e. The Bertz CT molecular complexity index is 653. The molecule has 0 radical (unpaired) electrons. The van der Waals surface area contributed by atoms with Gasteiger partial charge in [0.25, 0.3) is 0 Å². The van der Waals surface area contributed by atoms with Gasteiger partial charge in [-0.2, -0.15) is 0 Å². The van der Waals surface area contributed by atoms with Gasteiger partial charge in [0.1, 0.15) is 5.88 Å². The number of aliphatic carboxylic acids is 1. The molecule has 2 rings (SSSR count). The summed E-state index contributed by atoms with van der Waals surface area (Å²) in [4.78, 5) is 22.1. The average molecular weight is 304 g/mol. The number of rotatable bonds is 5. The van der Waals surface area contributed by atoms with Crippen LogP contribution in [-0.4, -0.2) is 22.9 Å². The minimum atomic E-state index is -0.863. The summed E-state index contributed by atoms with van der Waals surface area (Å²) < 4.78 is 0. The van der Waals surface area contributed by atoms with Crippen LogP contribution in [0.2, 0.25) is 0 Å². The third kappa shape index (κ3) is 4.07. The van der Waals surface area contributed by atoms with E-state index in [1.54, 1.807) is 18.2 Å². The Balaban J connectivity index is 2.29. The van der Waals surface area contributed by atoms with E-state index in [0.717, 1.165) is 16.7 Å². The Kier molecular flexibility index (Phi) is 4.95. The van der Waals surface area contributed by atoms with Gasteiger partial charge < -0.3 is 10.4 Å². The summed E-state index contributed by atoms with van der Waals surface area (Å²) >= 11 is 5.50. The summed E-state index contributed by atoms with van der Waals surface area (Å²) in [7, 11) is 0. The second kappa shape index (κ2) is 6.90. The molecule has 21 heavy (non-hydrogen) atoms. The number of carbonyl (C=O) groups is 2. The average Bonchev–Trinajstić information content (AvgIpc) is 2.48. The van der Waals surface area contributed by atoms with Crippen molar-refractivity contribution in [3.63, 3.8) is 0 Å². The third-order valence-electron chi connectivity index (χ3n) is 2.94. The molecule has 2 aromatic rings. The van der Waals surface area contributed by atoms with E-state index in [-0.39, 0.29) is 18.2 Å². The van der Waals surface area contributed by atoms with Crippen LogP contribution < -0.4 is 5.32 Å². The van der Waals surface area contributed by atoms with Crippen LogP contribution in [-0.2, 0) is 16.0 Å². The molecule has 0 saturated carbocycles. The predicted molar refractivity (Wildman–Crippen MR) is 82.6 cm³/mol. The molecule has 0 spiro atoms. The number of alkyl halides is 1. The minimum absolute atomic E-state index is 0.00902. The Morgan fingerprint density at radius 3 is 2.33 bits per heavy atom. The van der Waals surface area contributed by atoms with Crippen LogP contribution in [0.25, 0.3) is 11.1 Å². The summed E-state index contributed by atoms with van der Waals surface area (Å²) in [6.45, 7) is 0. The molecule has 2 aromatic carbocycles. The largest absolute Gasteiger partial charge is 0.481 e. The SMILES string of the molecule is O=C(O)Cc1ccc(-c2ccccc2NC(=O)CCl)cc1. The Hall–Kier alpha value is -2.33. The molecule has 0 aliphatic heterocycles. The first-order valence-electron chi connectivity index (χ1n) is 6.36. The molecule has 0 heterocycles. The van der Waals surface area contributed by atoms with E-state index < -0.39 is 5.97 Å². The molecule has 0 unspecified atom stereocenters. The number of carbonyl (C=O) groups excluding carboxylic acids is 1. The van der Waals surface area contributed by atoms with E-state index in [2.05, 4.69) is 5.32 Å². The highest BCUT2D eigenvalue weighted by Gasteiger charge is 2.08. The fraction of sp³-hybridized carbons (Fsp3) is 0.125.